The van der Waals surface area contributed by atoms with Gasteiger partial charge in [-0.05, 0) is 41.5 Å². The van der Waals surface area contributed by atoms with Gasteiger partial charge in [0.15, 0.2) is 6.61 Å². The average molecular weight is 483 g/mol. The molecule has 0 aliphatic carbocycles. The number of ether oxygens (including phenoxy) is 1. The minimum Gasteiger partial charge on any atom is -0.484 e. The molecule has 178 valence electrons. The number of hydrogen-bond acceptors (Lipinski definition) is 6. The van der Waals surface area contributed by atoms with E-state index in [4.69, 9.17) is 4.74 Å². The molecule has 1 heterocycles. The number of aromatic nitrogens is 1. The Kier molecular flexibility index (Phi) is 8.34. The number of para-hydroxylation sites is 1. The molecule has 0 bridgehead atoms. The zero-order valence-corrected chi connectivity index (χ0v) is 19.7. The maximum absolute atomic E-state index is 12.6. The molecular weight excluding hydrogens is 456 g/mol. The number of rotatable bonds is 10. The minimum atomic E-state index is -3.27. The molecule has 0 spiro atoms. The summed E-state index contributed by atoms with van der Waals surface area (Å²) in [5, 5.41) is 5.52. The summed E-state index contributed by atoms with van der Waals surface area (Å²) in [4.78, 5) is 29.0. The Hall–Kier alpha value is -3.76. The third-order valence-electron chi connectivity index (χ3n) is 4.89. The number of hydrogen-bond donors (Lipinski definition) is 2. The van der Waals surface area contributed by atoms with E-state index in [2.05, 4.69) is 15.6 Å². The molecule has 0 aliphatic heterocycles. The van der Waals surface area contributed by atoms with Gasteiger partial charge in [0.25, 0.3) is 11.8 Å². The van der Waals surface area contributed by atoms with Crippen LogP contribution in [0, 0.1) is 0 Å². The number of pyridine rings is 1. The summed E-state index contributed by atoms with van der Waals surface area (Å²) in [6.07, 6.45) is 4.47. The maximum Gasteiger partial charge on any atom is 0.262 e. The molecule has 0 saturated carbocycles. The van der Waals surface area contributed by atoms with Crippen molar-refractivity contribution in [2.75, 3.05) is 25.2 Å². The Morgan fingerprint density at radius 3 is 2.41 bits per heavy atom. The lowest BCUT2D eigenvalue weighted by atomic mass is 10.1. The van der Waals surface area contributed by atoms with Gasteiger partial charge in [-0.2, -0.15) is 0 Å². The number of nitrogens with zero attached hydrogens (tertiary/aromatic N) is 2. The lowest BCUT2D eigenvalue weighted by molar-refractivity contribution is -0.118. The number of carbonyl (C=O) groups is 2. The van der Waals surface area contributed by atoms with Gasteiger partial charge in [-0.1, -0.05) is 30.3 Å². The molecule has 34 heavy (non-hydrogen) atoms. The van der Waals surface area contributed by atoms with Gasteiger partial charge < -0.3 is 15.4 Å². The van der Waals surface area contributed by atoms with Crippen LogP contribution >= 0.6 is 0 Å². The molecule has 2 amide bonds. The van der Waals surface area contributed by atoms with Crippen LogP contribution in [0.2, 0.25) is 0 Å². The van der Waals surface area contributed by atoms with Crippen molar-refractivity contribution < 1.29 is 22.7 Å². The first kappa shape index (κ1) is 24.9. The Labute approximate surface area is 198 Å². The van der Waals surface area contributed by atoms with Crippen LogP contribution < -0.4 is 15.4 Å². The minimum absolute atomic E-state index is 0.235. The van der Waals surface area contributed by atoms with E-state index < -0.39 is 15.9 Å². The summed E-state index contributed by atoms with van der Waals surface area (Å²) >= 11 is 0. The standard InChI is InChI=1S/C24H26N4O5S/c1-28(34(2,31)32)16-18-9-11-20(12-10-18)33-17-23(29)27-22-8-4-3-7-21(22)24(30)26-15-19-6-5-13-25-14-19/h3-14H,15-17H2,1-2H3,(H,26,30)(H,27,29). The van der Waals surface area contributed by atoms with Gasteiger partial charge in [-0.3, -0.25) is 14.6 Å². The molecule has 0 radical (unpaired) electrons. The summed E-state index contributed by atoms with van der Waals surface area (Å²) in [6, 6.07) is 17.1. The number of carbonyl (C=O) groups excluding carboxylic acids is 2. The first-order chi connectivity index (χ1) is 16.2. The molecule has 3 aromatic rings. The third-order valence-corrected chi connectivity index (χ3v) is 6.15. The predicted octanol–water partition coefficient (Wildman–Crippen LogP) is 2.42. The lowest BCUT2D eigenvalue weighted by Crippen LogP contribution is -2.26. The monoisotopic (exact) mass is 482 g/mol. The Morgan fingerprint density at radius 2 is 1.74 bits per heavy atom. The van der Waals surface area contributed by atoms with E-state index in [1.54, 1.807) is 67.0 Å². The van der Waals surface area contributed by atoms with Crippen LogP contribution in [0.3, 0.4) is 0 Å². The lowest BCUT2D eigenvalue weighted by Gasteiger charge is -2.14. The third kappa shape index (κ3) is 7.39. The highest BCUT2D eigenvalue weighted by molar-refractivity contribution is 7.88. The molecule has 3 rings (SSSR count). The normalized spacial score (nSPS) is 11.1. The highest BCUT2D eigenvalue weighted by Gasteiger charge is 2.14. The first-order valence-corrected chi connectivity index (χ1v) is 12.3. The van der Waals surface area contributed by atoms with E-state index in [-0.39, 0.29) is 19.1 Å². The summed E-state index contributed by atoms with van der Waals surface area (Å²) < 4.78 is 29.8. The molecule has 2 aromatic carbocycles. The van der Waals surface area contributed by atoms with Gasteiger partial charge in [-0.15, -0.1) is 0 Å². The fourth-order valence-electron chi connectivity index (χ4n) is 2.97. The van der Waals surface area contributed by atoms with Crippen LogP contribution in [0.4, 0.5) is 5.69 Å². The second-order valence-electron chi connectivity index (χ2n) is 7.59. The van der Waals surface area contributed by atoms with Crippen molar-refractivity contribution in [3.63, 3.8) is 0 Å². The van der Waals surface area contributed by atoms with Crippen molar-refractivity contribution in [1.82, 2.24) is 14.6 Å². The van der Waals surface area contributed by atoms with E-state index >= 15 is 0 Å². The van der Waals surface area contributed by atoms with Crippen molar-refractivity contribution in [2.24, 2.45) is 0 Å². The quantitative estimate of drug-likeness (QED) is 0.458. The zero-order valence-electron chi connectivity index (χ0n) is 18.9. The second kappa shape index (κ2) is 11.4. The highest BCUT2D eigenvalue weighted by Crippen LogP contribution is 2.17. The second-order valence-corrected chi connectivity index (χ2v) is 9.68. The zero-order chi connectivity index (χ0) is 24.6. The van der Waals surface area contributed by atoms with Crippen molar-refractivity contribution in [3.8, 4) is 5.75 Å². The fraction of sp³-hybridized carbons (Fsp3) is 0.208. The van der Waals surface area contributed by atoms with Gasteiger partial charge >= 0.3 is 0 Å². The molecule has 10 heteroatoms. The largest absolute Gasteiger partial charge is 0.484 e. The summed E-state index contributed by atoms with van der Waals surface area (Å²) in [5.41, 5.74) is 2.36. The maximum atomic E-state index is 12.6. The molecule has 1 aromatic heterocycles. The SMILES string of the molecule is CN(Cc1ccc(OCC(=O)Nc2ccccc2C(=O)NCc2cccnc2)cc1)S(C)(=O)=O. The smallest absolute Gasteiger partial charge is 0.262 e. The summed E-state index contributed by atoms with van der Waals surface area (Å²) in [5.74, 6) is -0.285. The number of nitrogens with one attached hydrogen (secondary N) is 2. The molecule has 0 aliphatic rings. The number of benzene rings is 2. The van der Waals surface area contributed by atoms with E-state index in [0.717, 1.165) is 17.4 Å². The van der Waals surface area contributed by atoms with Crippen LogP contribution in [0.25, 0.3) is 0 Å². The van der Waals surface area contributed by atoms with E-state index in [1.165, 1.54) is 11.4 Å². The van der Waals surface area contributed by atoms with Crippen LogP contribution in [0.15, 0.2) is 73.1 Å². The van der Waals surface area contributed by atoms with Crippen LogP contribution in [-0.4, -0.2) is 49.4 Å². The average Bonchev–Trinajstić information content (AvgIpc) is 2.82. The summed E-state index contributed by atoms with van der Waals surface area (Å²) in [7, 11) is -1.77. The molecule has 9 nitrogen and oxygen atoms in total. The van der Waals surface area contributed by atoms with E-state index in [1.807, 2.05) is 6.07 Å². The molecule has 0 unspecified atom stereocenters. The number of amides is 2. The van der Waals surface area contributed by atoms with Crippen LogP contribution in [0.1, 0.15) is 21.5 Å². The Morgan fingerprint density at radius 1 is 1.00 bits per heavy atom. The molecule has 0 saturated heterocycles. The van der Waals surface area contributed by atoms with Gasteiger partial charge in [0.2, 0.25) is 10.0 Å². The molecule has 2 N–H and O–H groups in total. The van der Waals surface area contributed by atoms with Crippen LogP contribution in [0.5, 0.6) is 5.75 Å². The topological polar surface area (TPSA) is 118 Å². The molecule has 0 fully saturated rings. The fourth-order valence-corrected chi connectivity index (χ4v) is 3.35. The van der Waals surface area contributed by atoms with Gasteiger partial charge in [-0.25, -0.2) is 12.7 Å². The predicted molar refractivity (Wildman–Crippen MR) is 129 cm³/mol. The highest BCUT2D eigenvalue weighted by atomic mass is 32.2. The van der Waals surface area contributed by atoms with Crippen molar-refractivity contribution in [2.45, 2.75) is 13.1 Å². The van der Waals surface area contributed by atoms with Gasteiger partial charge in [0.1, 0.15) is 5.75 Å². The first-order valence-electron chi connectivity index (χ1n) is 10.4. The number of sulfonamides is 1. The molecule has 0 atom stereocenters. The Balaban J connectivity index is 1.53. The summed E-state index contributed by atoms with van der Waals surface area (Å²) in [6.45, 7) is 0.293. The van der Waals surface area contributed by atoms with Crippen molar-refractivity contribution >= 4 is 27.5 Å². The van der Waals surface area contributed by atoms with Crippen LogP contribution in [-0.2, 0) is 27.9 Å². The van der Waals surface area contributed by atoms with E-state index in [9.17, 15) is 18.0 Å². The Bertz CT molecular complexity index is 1230. The van der Waals surface area contributed by atoms with Gasteiger partial charge in [0, 0.05) is 32.5 Å². The number of anilines is 1. The molecular formula is C24H26N4O5S. The van der Waals surface area contributed by atoms with Crippen molar-refractivity contribution in [1.29, 1.82) is 0 Å². The van der Waals surface area contributed by atoms with Crippen molar-refractivity contribution in [3.05, 3.63) is 89.7 Å². The van der Waals surface area contributed by atoms with Gasteiger partial charge in [0.05, 0.1) is 17.5 Å². The van der Waals surface area contributed by atoms with E-state index in [0.29, 0.717) is 23.5 Å².